The summed E-state index contributed by atoms with van der Waals surface area (Å²) >= 11 is 0. The third-order valence-corrected chi connectivity index (χ3v) is 6.35. The lowest BCUT2D eigenvalue weighted by Crippen LogP contribution is -2.42. The number of piperidine rings is 1. The Morgan fingerprint density at radius 1 is 1.21 bits per heavy atom. The maximum Gasteiger partial charge on any atom is 0.308 e. The number of nitrogens with one attached hydrogen (secondary N) is 1. The molecule has 9 heteroatoms. The minimum atomic E-state index is -0.923. The van der Waals surface area contributed by atoms with Crippen molar-refractivity contribution in [1.29, 1.82) is 0 Å². The Morgan fingerprint density at radius 2 is 2.00 bits per heavy atom. The van der Waals surface area contributed by atoms with Gasteiger partial charge in [0.05, 0.1) is 24.6 Å². The van der Waals surface area contributed by atoms with Crippen LogP contribution in [0.25, 0.3) is 0 Å². The lowest BCUT2D eigenvalue weighted by Gasteiger charge is -2.34. The Labute approximate surface area is 198 Å². The first-order valence-corrected chi connectivity index (χ1v) is 11.8. The van der Waals surface area contributed by atoms with Crippen molar-refractivity contribution in [2.24, 2.45) is 5.92 Å². The van der Waals surface area contributed by atoms with Crippen LogP contribution in [0.1, 0.15) is 49.4 Å². The summed E-state index contributed by atoms with van der Waals surface area (Å²) in [6.45, 7) is 3.53. The summed E-state index contributed by atoms with van der Waals surface area (Å²) in [7, 11) is 0. The van der Waals surface area contributed by atoms with Gasteiger partial charge in [-0.05, 0) is 50.8 Å². The third kappa shape index (κ3) is 5.40. The number of carboxylic acids is 1. The molecule has 1 aliphatic carbocycles. The lowest BCUT2D eigenvalue weighted by atomic mass is 10.0. The number of hydrogen-bond donors (Lipinski definition) is 2. The number of rotatable bonds is 8. The number of para-hydroxylation sites is 2. The minimum absolute atomic E-state index is 0.0766. The second kappa shape index (κ2) is 10.7. The van der Waals surface area contributed by atoms with Crippen molar-refractivity contribution in [1.82, 2.24) is 10.3 Å². The highest BCUT2D eigenvalue weighted by Gasteiger charge is 2.34. The van der Waals surface area contributed by atoms with Gasteiger partial charge in [0, 0.05) is 18.8 Å². The van der Waals surface area contributed by atoms with Crippen LogP contribution in [0.5, 0.6) is 11.5 Å². The van der Waals surface area contributed by atoms with E-state index in [0.717, 1.165) is 25.3 Å². The van der Waals surface area contributed by atoms with Crippen molar-refractivity contribution < 1.29 is 28.6 Å². The van der Waals surface area contributed by atoms with Gasteiger partial charge in [-0.15, -0.1) is 0 Å². The maximum atomic E-state index is 15.0. The molecule has 1 aromatic carbocycles. The largest absolute Gasteiger partial charge is 0.490 e. The van der Waals surface area contributed by atoms with E-state index in [1.54, 1.807) is 0 Å². The maximum absolute atomic E-state index is 15.0. The van der Waals surface area contributed by atoms with Crippen LogP contribution < -0.4 is 19.7 Å². The highest BCUT2D eigenvalue weighted by atomic mass is 19.1. The summed E-state index contributed by atoms with van der Waals surface area (Å²) in [5.41, 5.74) is 0.0766. The zero-order valence-corrected chi connectivity index (χ0v) is 19.2. The van der Waals surface area contributed by atoms with Crippen molar-refractivity contribution in [3.63, 3.8) is 0 Å². The molecule has 1 saturated heterocycles. The Hall–Kier alpha value is -3.36. The van der Waals surface area contributed by atoms with E-state index in [0.29, 0.717) is 44.0 Å². The Morgan fingerprint density at radius 3 is 2.74 bits per heavy atom. The van der Waals surface area contributed by atoms with Crippen LogP contribution >= 0.6 is 0 Å². The first kappa shape index (κ1) is 23.8. The molecular weight excluding hydrogens is 441 g/mol. The first-order valence-electron chi connectivity index (χ1n) is 11.8. The molecule has 182 valence electrons. The molecule has 1 unspecified atom stereocenters. The van der Waals surface area contributed by atoms with Crippen molar-refractivity contribution in [2.75, 3.05) is 24.6 Å². The Balaban J connectivity index is 1.41. The molecule has 0 bridgehead atoms. The van der Waals surface area contributed by atoms with E-state index in [-0.39, 0.29) is 17.5 Å². The second-order valence-electron chi connectivity index (χ2n) is 8.69. The number of benzene rings is 1. The minimum Gasteiger partial charge on any atom is -0.490 e. The molecule has 34 heavy (non-hydrogen) atoms. The number of aromatic nitrogens is 1. The monoisotopic (exact) mass is 471 g/mol. The number of hydrogen-bond acceptors (Lipinski definition) is 6. The molecule has 4 rings (SSSR count). The van der Waals surface area contributed by atoms with E-state index in [1.165, 1.54) is 6.20 Å². The highest BCUT2D eigenvalue weighted by molar-refractivity contribution is 5.94. The summed E-state index contributed by atoms with van der Waals surface area (Å²) in [5.74, 6) is -1.13. The molecule has 1 amide bonds. The van der Waals surface area contributed by atoms with E-state index in [4.69, 9.17) is 9.47 Å². The van der Waals surface area contributed by atoms with Crippen LogP contribution in [0.15, 0.2) is 36.5 Å². The molecule has 2 N–H and O–H groups in total. The van der Waals surface area contributed by atoms with Crippen LogP contribution in [0.3, 0.4) is 0 Å². The fourth-order valence-electron chi connectivity index (χ4n) is 4.70. The molecule has 0 spiro atoms. The summed E-state index contributed by atoms with van der Waals surface area (Å²) in [6, 6.07) is 8.19. The number of halogens is 1. The lowest BCUT2D eigenvalue weighted by molar-refractivity contribution is -0.142. The number of carbonyl (C=O) groups is 2. The first-order chi connectivity index (χ1) is 16.5. The smallest absolute Gasteiger partial charge is 0.308 e. The van der Waals surface area contributed by atoms with Gasteiger partial charge in [-0.2, -0.15) is 0 Å². The number of amides is 1. The molecule has 8 nitrogen and oxygen atoms in total. The van der Waals surface area contributed by atoms with Crippen LogP contribution in [-0.4, -0.2) is 53.8 Å². The van der Waals surface area contributed by atoms with Crippen LogP contribution in [0.2, 0.25) is 0 Å². The number of pyridine rings is 1. The number of anilines is 1. The zero-order valence-electron chi connectivity index (χ0n) is 19.2. The standard InChI is InChI=1S/C25H30FN3O5/c1-2-33-21-10-3-4-11-22(21)34-17-7-6-12-29(15-17)23-19(26)13-16(14-27-23)24(30)28-20-9-5-8-18(20)25(31)32/h3-4,10-11,13-14,17-18,20H,2,5-9,12,15H2,1H3,(H,28,30)(H,31,32)/t17?,18-,20+/m1/s1. The average Bonchev–Trinajstić information content (AvgIpc) is 3.29. The molecule has 2 heterocycles. The van der Waals surface area contributed by atoms with Crippen molar-refractivity contribution >= 4 is 17.7 Å². The number of carbonyl (C=O) groups excluding carboxylic acids is 1. The predicted octanol–water partition coefficient (Wildman–Crippen LogP) is 3.65. The van der Waals surface area contributed by atoms with Gasteiger partial charge in [0.15, 0.2) is 23.1 Å². The van der Waals surface area contributed by atoms with Crippen LogP contribution in [-0.2, 0) is 4.79 Å². The molecule has 2 fully saturated rings. The van der Waals surface area contributed by atoms with Gasteiger partial charge in [-0.25, -0.2) is 9.37 Å². The number of aliphatic carboxylic acids is 1. The number of nitrogens with zero attached hydrogens (tertiary/aromatic N) is 2. The summed E-state index contributed by atoms with van der Waals surface area (Å²) in [5, 5.41) is 12.0. The van der Waals surface area contributed by atoms with E-state index >= 15 is 0 Å². The molecule has 1 saturated carbocycles. The van der Waals surface area contributed by atoms with Gasteiger partial charge in [-0.1, -0.05) is 18.6 Å². The molecule has 3 atom stereocenters. The molecular formula is C25H30FN3O5. The van der Waals surface area contributed by atoms with E-state index in [1.807, 2.05) is 36.1 Å². The molecule has 0 radical (unpaired) electrons. The van der Waals surface area contributed by atoms with Crippen molar-refractivity contribution in [2.45, 2.75) is 51.2 Å². The van der Waals surface area contributed by atoms with E-state index in [2.05, 4.69) is 10.3 Å². The van der Waals surface area contributed by atoms with E-state index < -0.39 is 29.7 Å². The highest BCUT2D eigenvalue weighted by Crippen LogP contribution is 2.30. The topological polar surface area (TPSA) is 101 Å². The summed E-state index contributed by atoms with van der Waals surface area (Å²) in [4.78, 5) is 30.0. The van der Waals surface area contributed by atoms with Gasteiger partial charge >= 0.3 is 5.97 Å². The fourth-order valence-corrected chi connectivity index (χ4v) is 4.70. The van der Waals surface area contributed by atoms with Gasteiger partial charge < -0.3 is 24.8 Å². The normalized spacial score (nSPS) is 22.3. The molecule has 2 aromatic rings. The van der Waals surface area contributed by atoms with Crippen LogP contribution in [0, 0.1) is 11.7 Å². The molecule has 1 aromatic heterocycles. The predicted molar refractivity (Wildman–Crippen MR) is 124 cm³/mol. The SMILES string of the molecule is CCOc1ccccc1OC1CCCN(c2ncc(C(=O)N[C@H]3CCC[C@H]3C(=O)O)cc2F)C1. The summed E-state index contributed by atoms with van der Waals surface area (Å²) < 4.78 is 26.8. The number of ether oxygens (including phenoxy) is 2. The molecule has 2 aliphatic rings. The second-order valence-corrected chi connectivity index (χ2v) is 8.69. The fraction of sp³-hybridized carbons (Fsp3) is 0.480. The quantitative estimate of drug-likeness (QED) is 0.606. The molecule has 1 aliphatic heterocycles. The van der Waals surface area contributed by atoms with Gasteiger partial charge in [0.2, 0.25) is 0 Å². The number of carboxylic acid groups (broad SMARTS) is 1. The Kier molecular flexibility index (Phi) is 7.49. The van der Waals surface area contributed by atoms with Gasteiger partial charge in [-0.3, -0.25) is 9.59 Å². The third-order valence-electron chi connectivity index (χ3n) is 6.35. The van der Waals surface area contributed by atoms with Gasteiger partial charge in [0.1, 0.15) is 6.10 Å². The van der Waals surface area contributed by atoms with Crippen LogP contribution in [0.4, 0.5) is 10.2 Å². The van der Waals surface area contributed by atoms with Gasteiger partial charge in [0.25, 0.3) is 5.91 Å². The Bertz CT molecular complexity index is 1030. The average molecular weight is 472 g/mol. The van der Waals surface area contributed by atoms with E-state index in [9.17, 15) is 19.1 Å². The van der Waals surface area contributed by atoms with Crippen molar-refractivity contribution in [3.8, 4) is 11.5 Å². The zero-order chi connectivity index (χ0) is 24.1. The van der Waals surface area contributed by atoms with Crippen molar-refractivity contribution in [3.05, 3.63) is 47.9 Å². The summed E-state index contributed by atoms with van der Waals surface area (Å²) in [6.07, 6.45) is 4.68.